The molecule has 2 aromatic rings. The fraction of sp³-hybridized carbons (Fsp3) is 0.571. The first-order chi connectivity index (χ1) is 11.0. The van der Waals surface area contributed by atoms with Gasteiger partial charge in [-0.05, 0) is 0 Å². The SMILES string of the molecule is CC(C)C(=O)Nc1ncnc2nn([C@@H]3C[C@H](O)[C@@H](CO)O3)cc12. The monoisotopic (exact) mass is 321 g/mol. The number of carbonyl (C=O) groups excluding carboxylic acids is 1. The van der Waals surface area contributed by atoms with Gasteiger partial charge in [-0.3, -0.25) is 4.79 Å². The third kappa shape index (κ3) is 3.03. The zero-order chi connectivity index (χ0) is 16.6. The zero-order valence-electron chi connectivity index (χ0n) is 12.9. The predicted octanol–water partition coefficient (Wildman–Crippen LogP) is 0.0615. The number of anilines is 1. The number of carbonyl (C=O) groups is 1. The van der Waals surface area contributed by atoms with Crippen LogP contribution in [0.4, 0.5) is 5.82 Å². The topological polar surface area (TPSA) is 122 Å². The van der Waals surface area contributed by atoms with Crippen LogP contribution in [0.15, 0.2) is 12.5 Å². The first-order valence-corrected chi connectivity index (χ1v) is 7.44. The van der Waals surface area contributed by atoms with E-state index in [0.717, 1.165) is 0 Å². The Bertz CT molecular complexity index is 716. The Balaban J connectivity index is 1.89. The maximum absolute atomic E-state index is 11.9. The molecule has 0 spiro atoms. The van der Waals surface area contributed by atoms with E-state index in [1.807, 2.05) is 0 Å². The van der Waals surface area contributed by atoms with Crippen LogP contribution < -0.4 is 5.32 Å². The molecule has 3 N–H and O–H groups in total. The van der Waals surface area contributed by atoms with Gasteiger partial charge in [0.2, 0.25) is 5.91 Å². The van der Waals surface area contributed by atoms with Crippen molar-refractivity contribution in [1.29, 1.82) is 0 Å². The Morgan fingerprint density at radius 3 is 2.96 bits per heavy atom. The third-order valence-electron chi connectivity index (χ3n) is 3.78. The number of aliphatic hydroxyl groups is 2. The standard InChI is InChI=1S/C14H19N5O4/c1-7(2)14(22)17-12-8-4-19(18-13(8)16-6-15-12)11-3-9(21)10(5-20)23-11/h4,6-7,9-11,20-21H,3,5H2,1-2H3,(H,15,16,17,18,22)/t9-,10+,11-/m0/s1. The first-order valence-electron chi connectivity index (χ1n) is 7.44. The van der Waals surface area contributed by atoms with Gasteiger partial charge in [0, 0.05) is 18.5 Å². The molecule has 0 unspecified atom stereocenters. The summed E-state index contributed by atoms with van der Waals surface area (Å²) >= 11 is 0. The van der Waals surface area contributed by atoms with Crippen LogP contribution in [0.1, 0.15) is 26.5 Å². The van der Waals surface area contributed by atoms with Crippen molar-refractivity contribution in [3.63, 3.8) is 0 Å². The van der Waals surface area contributed by atoms with Crippen molar-refractivity contribution in [2.24, 2.45) is 5.92 Å². The normalized spacial score (nSPS) is 24.5. The smallest absolute Gasteiger partial charge is 0.228 e. The van der Waals surface area contributed by atoms with Crippen LogP contribution in [-0.4, -0.2) is 54.7 Å². The molecule has 23 heavy (non-hydrogen) atoms. The number of rotatable bonds is 4. The molecule has 2 aromatic heterocycles. The maximum atomic E-state index is 11.9. The molecular weight excluding hydrogens is 302 g/mol. The molecule has 3 atom stereocenters. The Kier molecular flexibility index (Phi) is 4.24. The van der Waals surface area contributed by atoms with Crippen molar-refractivity contribution in [1.82, 2.24) is 19.7 Å². The van der Waals surface area contributed by atoms with E-state index in [4.69, 9.17) is 9.84 Å². The number of aliphatic hydroxyl groups excluding tert-OH is 2. The fourth-order valence-corrected chi connectivity index (χ4v) is 2.40. The van der Waals surface area contributed by atoms with E-state index in [2.05, 4.69) is 20.4 Å². The Morgan fingerprint density at radius 1 is 1.52 bits per heavy atom. The molecule has 1 saturated heterocycles. The molecule has 0 aliphatic carbocycles. The van der Waals surface area contributed by atoms with Crippen molar-refractivity contribution >= 4 is 22.8 Å². The number of hydrogen-bond donors (Lipinski definition) is 3. The molecule has 1 aliphatic heterocycles. The van der Waals surface area contributed by atoms with Gasteiger partial charge in [-0.1, -0.05) is 13.8 Å². The predicted molar refractivity (Wildman–Crippen MR) is 80.4 cm³/mol. The second-order valence-electron chi connectivity index (χ2n) is 5.83. The summed E-state index contributed by atoms with van der Waals surface area (Å²) in [5.74, 6) is 0.0662. The summed E-state index contributed by atoms with van der Waals surface area (Å²) < 4.78 is 7.09. The molecule has 1 amide bonds. The van der Waals surface area contributed by atoms with Gasteiger partial charge in [0.15, 0.2) is 11.9 Å². The van der Waals surface area contributed by atoms with E-state index >= 15 is 0 Å². The minimum atomic E-state index is -0.747. The summed E-state index contributed by atoms with van der Waals surface area (Å²) in [6, 6.07) is 0. The summed E-state index contributed by atoms with van der Waals surface area (Å²) in [5, 5.41) is 26.6. The number of hydrogen-bond acceptors (Lipinski definition) is 7. The van der Waals surface area contributed by atoms with Gasteiger partial charge in [0.1, 0.15) is 18.2 Å². The van der Waals surface area contributed by atoms with Gasteiger partial charge in [-0.2, -0.15) is 0 Å². The molecule has 0 aromatic carbocycles. The molecule has 9 nitrogen and oxygen atoms in total. The molecule has 124 valence electrons. The Hall–Kier alpha value is -2.10. The summed E-state index contributed by atoms with van der Waals surface area (Å²) in [4.78, 5) is 20.0. The van der Waals surface area contributed by atoms with Crippen LogP contribution in [0, 0.1) is 5.92 Å². The molecule has 9 heteroatoms. The number of aromatic nitrogens is 4. The molecule has 0 bridgehead atoms. The highest BCUT2D eigenvalue weighted by molar-refractivity contribution is 5.98. The highest BCUT2D eigenvalue weighted by Gasteiger charge is 2.35. The van der Waals surface area contributed by atoms with Crippen LogP contribution in [0.2, 0.25) is 0 Å². The lowest BCUT2D eigenvalue weighted by Gasteiger charge is -2.11. The molecule has 1 fully saturated rings. The van der Waals surface area contributed by atoms with Gasteiger partial charge in [-0.15, -0.1) is 5.10 Å². The highest BCUT2D eigenvalue weighted by atomic mass is 16.5. The first kappa shape index (κ1) is 15.8. The molecule has 0 radical (unpaired) electrons. The average Bonchev–Trinajstić information content (AvgIpc) is 3.10. The molecule has 0 saturated carbocycles. The van der Waals surface area contributed by atoms with Crippen molar-refractivity contribution in [3.05, 3.63) is 12.5 Å². The number of nitrogens with zero attached hydrogens (tertiary/aromatic N) is 4. The zero-order valence-corrected chi connectivity index (χ0v) is 12.9. The minimum absolute atomic E-state index is 0.148. The van der Waals surface area contributed by atoms with Crippen LogP contribution in [0.5, 0.6) is 0 Å². The number of amides is 1. The van der Waals surface area contributed by atoms with Gasteiger partial charge in [0.05, 0.1) is 18.1 Å². The average molecular weight is 321 g/mol. The van der Waals surface area contributed by atoms with Gasteiger partial charge in [-0.25, -0.2) is 14.6 Å². The molecule has 1 aliphatic rings. The summed E-state index contributed by atoms with van der Waals surface area (Å²) in [5.41, 5.74) is 0.421. The van der Waals surface area contributed by atoms with E-state index in [-0.39, 0.29) is 18.4 Å². The van der Waals surface area contributed by atoms with Crippen LogP contribution in [-0.2, 0) is 9.53 Å². The lowest BCUT2D eigenvalue weighted by molar-refractivity contribution is -0.118. The number of ether oxygens (including phenoxy) is 1. The summed E-state index contributed by atoms with van der Waals surface area (Å²) in [6.07, 6.45) is 1.45. The van der Waals surface area contributed by atoms with E-state index in [0.29, 0.717) is 23.3 Å². The van der Waals surface area contributed by atoms with Crippen molar-refractivity contribution in [3.8, 4) is 0 Å². The Labute approximate surface area is 132 Å². The Morgan fingerprint density at radius 2 is 2.30 bits per heavy atom. The van der Waals surface area contributed by atoms with Crippen LogP contribution >= 0.6 is 0 Å². The number of fused-ring (bicyclic) bond motifs is 1. The second kappa shape index (κ2) is 6.19. The van der Waals surface area contributed by atoms with Crippen molar-refractivity contribution in [2.75, 3.05) is 11.9 Å². The quantitative estimate of drug-likeness (QED) is 0.728. The van der Waals surface area contributed by atoms with Crippen LogP contribution in [0.3, 0.4) is 0 Å². The summed E-state index contributed by atoms with van der Waals surface area (Å²) in [6.45, 7) is 3.33. The minimum Gasteiger partial charge on any atom is -0.394 e. The lowest BCUT2D eigenvalue weighted by Crippen LogP contribution is -2.24. The van der Waals surface area contributed by atoms with Gasteiger partial charge in [0.25, 0.3) is 0 Å². The van der Waals surface area contributed by atoms with E-state index in [1.165, 1.54) is 11.0 Å². The molecule has 3 rings (SSSR count). The van der Waals surface area contributed by atoms with Crippen LogP contribution in [0.25, 0.3) is 11.0 Å². The maximum Gasteiger partial charge on any atom is 0.228 e. The second-order valence-corrected chi connectivity index (χ2v) is 5.83. The highest BCUT2D eigenvalue weighted by Crippen LogP contribution is 2.30. The number of nitrogens with one attached hydrogen (secondary N) is 1. The van der Waals surface area contributed by atoms with E-state index < -0.39 is 18.4 Å². The van der Waals surface area contributed by atoms with E-state index in [1.54, 1.807) is 20.0 Å². The van der Waals surface area contributed by atoms with E-state index in [9.17, 15) is 9.90 Å². The third-order valence-corrected chi connectivity index (χ3v) is 3.78. The summed E-state index contributed by atoms with van der Waals surface area (Å²) in [7, 11) is 0. The van der Waals surface area contributed by atoms with Crippen molar-refractivity contribution < 1.29 is 19.7 Å². The molecular formula is C14H19N5O4. The lowest BCUT2D eigenvalue weighted by atomic mass is 10.2. The largest absolute Gasteiger partial charge is 0.394 e. The fourth-order valence-electron chi connectivity index (χ4n) is 2.40. The van der Waals surface area contributed by atoms with Gasteiger partial charge >= 0.3 is 0 Å². The molecule has 3 heterocycles. The van der Waals surface area contributed by atoms with Gasteiger partial charge < -0.3 is 20.3 Å². The van der Waals surface area contributed by atoms with Crippen molar-refractivity contribution in [2.45, 2.75) is 38.7 Å².